The number of methoxy groups -OCH3 is 1. The molecule has 0 heterocycles. The Kier molecular flexibility index (Phi) is 21.5. The highest BCUT2D eigenvalue weighted by Gasteiger charge is 2.38. The maximum atomic E-state index is 14.4. The van der Waals surface area contributed by atoms with E-state index in [0.717, 1.165) is 0 Å². The van der Waals surface area contributed by atoms with Gasteiger partial charge in [0, 0.05) is 6.42 Å². The van der Waals surface area contributed by atoms with E-state index in [1.165, 1.54) is 7.11 Å². The molecule has 1 rings (SSSR count). The quantitative estimate of drug-likeness (QED) is 0.0920. The fraction of sp³-hybridized carbons (Fsp3) is 0.727. The minimum atomic E-state index is -1.37. The molecular formula is C44H76N6O11. The van der Waals surface area contributed by atoms with E-state index in [1.807, 2.05) is 0 Å². The van der Waals surface area contributed by atoms with Gasteiger partial charge in [0.05, 0.1) is 48.8 Å². The Hall–Kier alpha value is -4.16. The van der Waals surface area contributed by atoms with Crippen LogP contribution >= 0.6 is 0 Å². The van der Waals surface area contributed by atoms with Gasteiger partial charge in [-0.1, -0.05) is 30.3 Å². The zero-order chi connectivity index (χ0) is 47.1. The zero-order valence-electron chi connectivity index (χ0n) is 39.2. The number of benzene rings is 1. The van der Waals surface area contributed by atoms with Gasteiger partial charge in [0.2, 0.25) is 23.6 Å². The zero-order valence-corrected chi connectivity index (χ0v) is 39.2. The first kappa shape index (κ1) is 54.9. The molecule has 0 aliphatic carbocycles. The predicted octanol–water partition coefficient (Wildman–Crippen LogP) is 2.73. The van der Waals surface area contributed by atoms with E-state index < -0.39 is 106 Å². The number of rotatable bonds is 22. The van der Waals surface area contributed by atoms with Crippen molar-refractivity contribution in [3.05, 3.63) is 35.9 Å². The number of carbonyl (C=O) groups excluding carboxylic acids is 6. The standard InChI is InChI=1S/C44H76N6O11/c1-26(59-42(6,7)8)33(49-35(51)29(45)22-19-23-30(46)39(55)61-44(12,13)14)37(53)47-31(24-28-20-17-16-18-21-28)36(52)50-34(27(2)60-43(9,10)11)38(54)48-32(40(56)57-15)25-58-41(3,4)5/h16-18,20-21,26-27,29-34H,19,22-25,45-46H2,1-15H3,(H,47,53)(H,48,54)(H,49,51)(H,50,52)/t26-,27-,29+,30?,31+,32+,33+,34+/m1/s1. The third kappa shape index (κ3) is 22.5. The lowest BCUT2D eigenvalue weighted by atomic mass is 10.0. The summed E-state index contributed by atoms with van der Waals surface area (Å²) < 4.78 is 28.3. The summed E-state index contributed by atoms with van der Waals surface area (Å²) in [6, 6.07) is 1.68. The average Bonchev–Trinajstić information content (AvgIpc) is 3.11. The van der Waals surface area contributed by atoms with Gasteiger partial charge < -0.3 is 56.4 Å². The lowest BCUT2D eigenvalue weighted by Crippen LogP contribution is -2.63. The fourth-order valence-corrected chi connectivity index (χ4v) is 5.97. The second kappa shape index (κ2) is 23.9. The molecule has 8 N–H and O–H groups in total. The van der Waals surface area contributed by atoms with E-state index >= 15 is 0 Å². The SMILES string of the molecule is COC(=O)[C@H](COC(C)(C)C)NC(=O)[C@@H](NC(=O)[C@H](Cc1ccccc1)NC(=O)[C@@H](NC(=O)[C@@H](N)CCCC(N)C(=O)OC(C)(C)C)[C@@H](C)OC(C)(C)C)[C@@H](C)OC(C)(C)C. The van der Waals surface area contributed by atoms with Crippen LogP contribution < -0.4 is 32.7 Å². The minimum Gasteiger partial charge on any atom is -0.467 e. The van der Waals surface area contributed by atoms with Gasteiger partial charge in [-0.05, 0) is 122 Å². The first-order chi connectivity index (χ1) is 27.8. The summed E-state index contributed by atoms with van der Waals surface area (Å²) in [5, 5.41) is 10.9. The van der Waals surface area contributed by atoms with Crippen LogP contribution in [0.25, 0.3) is 0 Å². The van der Waals surface area contributed by atoms with Gasteiger partial charge >= 0.3 is 11.9 Å². The van der Waals surface area contributed by atoms with Gasteiger partial charge in [-0.25, -0.2) is 4.79 Å². The van der Waals surface area contributed by atoms with Crippen molar-refractivity contribution in [2.45, 2.75) is 193 Å². The number of nitrogens with one attached hydrogen (secondary N) is 4. The molecule has 0 bridgehead atoms. The third-order valence-electron chi connectivity index (χ3n) is 8.66. The van der Waals surface area contributed by atoms with E-state index in [1.54, 1.807) is 127 Å². The molecule has 0 aliphatic heterocycles. The molecule has 348 valence electrons. The maximum Gasteiger partial charge on any atom is 0.330 e. The van der Waals surface area contributed by atoms with E-state index in [-0.39, 0.29) is 25.9 Å². The molecule has 0 fully saturated rings. The number of hydrogen-bond donors (Lipinski definition) is 6. The molecule has 1 aromatic carbocycles. The summed E-state index contributed by atoms with van der Waals surface area (Å²) in [6.45, 7) is 24.3. The highest BCUT2D eigenvalue weighted by atomic mass is 16.6. The lowest BCUT2D eigenvalue weighted by Gasteiger charge is -2.34. The predicted molar refractivity (Wildman–Crippen MR) is 232 cm³/mol. The maximum absolute atomic E-state index is 14.4. The van der Waals surface area contributed by atoms with Crippen LogP contribution in [0.5, 0.6) is 0 Å². The lowest BCUT2D eigenvalue weighted by molar-refractivity contribution is -0.156. The molecule has 17 heteroatoms. The molecular weight excluding hydrogens is 789 g/mol. The summed E-state index contributed by atoms with van der Waals surface area (Å²) in [7, 11) is 1.18. The molecule has 61 heavy (non-hydrogen) atoms. The van der Waals surface area contributed by atoms with Crippen molar-refractivity contribution in [1.29, 1.82) is 0 Å². The summed E-state index contributed by atoms with van der Waals surface area (Å²) in [4.78, 5) is 81.4. The molecule has 0 saturated heterocycles. The largest absolute Gasteiger partial charge is 0.467 e. The molecule has 0 spiro atoms. The number of hydrogen-bond acceptors (Lipinski definition) is 13. The van der Waals surface area contributed by atoms with Crippen molar-refractivity contribution in [1.82, 2.24) is 21.3 Å². The average molecular weight is 865 g/mol. The Bertz CT molecular complexity index is 1580. The number of nitrogens with two attached hydrogens (primary N) is 2. The second-order valence-corrected chi connectivity index (χ2v) is 19.3. The molecule has 0 aromatic heterocycles. The van der Waals surface area contributed by atoms with Crippen LogP contribution in [-0.2, 0) is 58.9 Å². The van der Waals surface area contributed by atoms with Crippen molar-refractivity contribution >= 4 is 35.6 Å². The van der Waals surface area contributed by atoms with E-state index in [4.69, 9.17) is 35.2 Å². The van der Waals surface area contributed by atoms with E-state index in [9.17, 15) is 28.8 Å². The third-order valence-corrected chi connectivity index (χ3v) is 8.66. The van der Waals surface area contributed by atoms with Crippen LogP contribution in [0.4, 0.5) is 0 Å². The van der Waals surface area contributed by atoms with Gasteiger partial charge in [-0.3, -0.25) is 24.0 Å². The van der Waals surface area contributed by atoms with Gasteiger partial charge in [0.25, 0.3) is 0 Å². The van der Waals surface area contributed by atoms with Crippen LogP contribution in [0.15, 0.2) is 30.3 Å². The van der Waals surface area contributed by atoms with E-state index in [0.29, 0.717) is 12.0 Å². The van der Waals surface area contributed by atoms with Crippen molar-refractivity contribution in [2.24, 2.45) is 11.5 Å². The number of carbonyl (C=O) groups is 6. The first-order valence-electron chi connectivity index (χ1n) is 20.9. The molecule has 1 aromatic rings. The van der Waals surface area contributed by atoms with Gasteiger partial charge in [-0.15, -0.1) is 0 Å². The van der Waals surface area contributed by atoms with Crippen LogP contribution in [-0.4, -0.2) is 120 Å². The Morgan fingerprint density at radius 1 is 0.574 bits per heavy atom. The summed E-state index contributed by atoms with van der Waals surface area (Å²) >= 11 is 0. The first-order valence-corrected chi connectivity index (χ1v) is 20.9. The van der Waals surface area contributed by atoms with Crippen molar-refractivity contribution in [2.75, 3.05) is 13.7 Å². The van der Waals surface area contributed by atoms with Crippen LogP contribution in [0.3, 0.4) is 0 Å². The van der Waals surface area contributed by atoms with Crippen LogP contribution in [0.2, 0.25) is 0 Å². The summed E-state index contributed by atoms with van der Waals surface area (Å²) in [5.74, 6) is -4.27. The van der Waals surface area contributed by atoms with E-state index in [2.05, 4.69) is 21.3 Å². The number of ether oxygens (including phenoxy) is 5. The van der Waals surface area contributed by atoms with Crippen molar-refractivity contribution in [3.8, 4) is 0 Å². The second-order valence-electron chi connectivity index (χ2n) is 19.3. The van der Waals surface area contributed by atoms with Crippen molar-refractivity contribution < 1.29 is 52.5 Å². The smallest absolute Gasteiger partial charge is 0.330 e. The minimum absolute atomic E-state index is 0.0158. The molecule has 17 nitrogen and oxygen atoms in total. The normalized spacial score (nSPS) is 16.3. The highest BCUT2D eigenvalue weighted by Crippen LogP contribution is 2.17. The summed E-state index contributed by atoms with van der Waals surface area (Å²) in [5.41, 5.74) is 10.1. The molecule has 1 unspecified atom stereocenters. The molecule has 0 radical (unpaired) electrons. The molecule has 0 saturated carbocycles. The number of esters is 2. The van der Waals surface area contributed by atoms with Crippen LogP contribution in [0, 0.1) is 0 Å². The fourth-order valence-electron chi connectivity index (χ4n) is 5.97. The van der Waals surface area contributed by atoms with Gasteiger partial charge in [0.15, 0.2) is 6.04 Å². The van der Waals surface area contributed by atoms with Crippen LogP contribution in [0.1, 0.15) is 122 Å². The highest BCUT2D eigenvalue weighted by molar-refractivity contribution is 5.96. The van der Waals surface area contributed by atoms with Gasteiger partial charge in [0.1, 0.15) is 29.8 Å². The summed E-state index contributed by atoms with van der Waals surface area (Å²) in [6.07, 6.45) is -1.20. The Balaban J connectivity index is 3.50. The number of amides is 4. The Morgan fingerprint density at radius 2 is 1.03 bits per heavy atom. The van der Waals surface area contributed by atoms with Crippen molar-refractivity contribution in [3.63, 3.8) is 0 Å². The molecule has 0 aliphatic rings. The Labute approximate surface area is 363 Å². The van der Waals surface area contributed by atoms with Gasteiger partial charge in [-0.2, -0.15) is 0 Å². The monoisotopic (exact) mass is 865 g/mol. The Morgan fingerprint density at radius 3 is 1.48 bits per heavy atom. The molecule has 4 amide bonds. The topological polar surface area (TPSA) is 249 Å². The molecule has 8 atom stereocenters.